The maximum atomic E-state index is 14.7. The second-order valence-corrected chi connectivity index (χ2v) is 23.1. The van der Waals surface area contributed by atoms with Gasteiger partial charge in [0.25, 0.3) is 11.8 Å². The molecule has 12 rings (SSSR count). The zero-order valence-electron chi connectivity index (χ0n) is 53.2. The van der Waals surface area contributed by atoms with Crippen molar-refractivity contribution in [2.45, 2.75) is 78.6 Å². The first-order valence-electron chi connectivity index (χ1n) is 29.9. The van der Waals surface area contributed by atoms with E-state index in [2.05, 4.69) is 47.0 Å². The lowest BCUT2D eigenvalue weighted by Gasteiger charge is -2.24. The molecular weight excluding hydrogens is 1250 g/mol. The molecule has 0 bridgehead atoms. The Bertz CT molecular complexity index is 4550. The van der Waals surface area contributed by atoms with Crippen LogP contribution in [0.4, 0.5) is 43.4 Å². The minimum Gasteiger partial charge on any atom is -0.478 e. The van der Waals surface area contributed by atoms with Crippen LogP contribution < -0.4 is 32.3 Å². The monoisotopic (exact) mass is 1310 g/mol. The molecule has 3 aromatic heterocycles. The van der Waals surface area contributed by atoms with Crippen molar-refractivity contribution in [3.05, 3.63) is 248 Å². The van der Waals surface area contributed by atoms with Crippen LogP contribution in [0.2, 0.25) is 0 Å². The molecule has 3 aliphatic heterocycles. The van der Waals surface area contributed by atoms with Crippen LogP contribution in [-0.4, -0.2) is 70.4 Å². The van der Waals surface area contributed by atoms with E-state index in [4.69, 9.17) is 10.8 Å². The number of carbonyl (C=O) groups is 6. The highest BCUT2D eigenvalue weighted by molar-refractivity contribution is 6.08. The van der Waals surface area contributed by atoms with Crippen LogP contribution in [0.15, 0.2) is 163 Å². The number of H-pyrrole nitrogens is 1. The topological polar surface area (TPSA) is 273 Å². The number of hydrogen-bond acceptors (Lipinski definition) is 10. The number of nitrogen functional groups attached to an aromatic ring is 1. The van der Waals surface area contributed by atoms with Crippen LogP contribution in [0.5, 0.6) is 0 Å². The number of halogens is 6. The quantitative estimate of drug-likeness (QED) is 0.0445. The molecule has 0 radical (unpaired) electrons. The van der Waals surface area contributed by atoms with Gasteiger partial charge in [0.1, 0.15) is 34.9 Å². The summed E-state index contributed by atoms with van der Waals surface area (Å²) in [5, 5.41) is 37.6. The van der Waals surface area contributed by atoms with Gasteiger partial charge in [-0.2, -0.15) is 15.3 Å². The number of amides is 5. The minimum absolute atomic E-state index is 0.0593. The third-order valence-corrected chi connectivity index (χ3v) is 16.3. The van der Waals surface area contributed by atoms with Gasteiger partial charge in [-0.15, -0.1) is 0 Å². The predicted octanol–water partition coefficient (Wildman–Crippen LogP) is 12.0. The predicted molar refractivity (Wildman–Crippen MR) is 349 cm³/mol. The van der Waals surface area contributed by atoms with Gasteiger partial charge in [-0.1, -0.05) is 36.4 Å². The highest BCUT2D eigenvalue weighted by atomic mass is 19.1. The van der Waals surface area contributed by atoms with Crippen LogP contribution in [0.1, 0.15) is 87.5 Å². The van der Waals surface area contributed by atoms with Gasteiger partial charge in [-0.05, 0) is 166 Å². The molecule has 3 atom stereocenters. The van der Waals surface area contributed by atoms with Gasteiger partial charge in [-0.25, -0.2) is 31.1 Å². The maximum absolute atomic E-state index is 14.7. The number of anilines is 3. The molecule has 6 aromatic carbocycles. The van der Waals surface area contributed by atoms with E-state index in [9.17, 15) is 55.1 Å². The molecule has 9 N–H and O–H groups in total. The lowest BCUT2D eigenvalue weighted by atomic mass is 9.86. The van der Waals surface area contributed by atoms with Crippen molar-refractivity contribution in [3.63, 3.8) is 0 Å². The number of nitrogens with one attached hydrogen (secondary N) is 6. The van der Waals surface area contributed by atoms with Crippen molar-refractivity contribution in [1.82, 2.24) is 45.7 Å². The summed E-state index contributed by atoms with van der Waals surface area (Å²) in [4.78, 5) is 72.4. The van der Waals surface area contributed by atoms with E-state index >= 15 is 0 Å². The average Bonchev–Trinajstić information content (AvgIpc) is 1.21. The van der Waals surface area contributed by atoms with Gasteiger partial charge in [0.2, 0.25) is 17.7 Å². The number of carboxylic acids is 1. The Morgan fingerprint density at radius 2 is 0.823 bits per heavy atom. The van der Waals surface area contributed by atoms with Crippen LogP contribution in [-0.2, 0) is 42.9 Å². The van der Waals surface area contributed by atoms with Gasteiger partial charge < -0.3 is 37.4 Å². The number of carboxylic acid groups (broad SMARTS) is 1. The number of carbonyl (C=O) groups excluding carboxylic acids is 5. The summed E-state index contributed by atoms with van der Waals surface area (Å²) in [6, 6.07) is 31.1. The second kappa shape index (κ2) is 29.5. The fourth-order valence-electron chi connectivity index (χ4n) is 10.7. The largest absolute Gasteiger partial charge is 0.478 e. The van der Waals surface area contributed by atoms with E-state index < -0.39 is 64.6 Å². The van der Waals surface area contributed by atoms with Crippen molar-refractivity contribution in [2.24, 2.45) is 14.1 Å². The van der Waals surface area contributed by atoms with Gasteiger partial charge in [0, 0.05) is 132 Å². The molecule has 19 nitrogen and oxygen atoms in total. The van der Waals surface area contributed by atoms with Crippen molar-refractivity contribution in [2.75, 3.05) is 16.4 Å². The number of nitrogens with two attached hydrogens (primary N) is 1. The molecule has 5 amide bonds. The SMILES string of the molecule is Cc1cc(-c2cc(NC(=O)C3=CNC(=O)C[C@H]3c3ccc(F)cc3)c(C)cc2F)n[nH]1.Cc1cc(F)c(-c2cc(C)n(C)n2)cc1N.Cc1cc(F)c(-c2cc(C)n(C)n2)cc1NC(=O)C1=CNC(=O)C[C@H]1c1ccc(F)cc1.O=C1C[C@@H](c2ccc(F)cc2)C(C(=O)O)=CN1. The molecule has 96 heavy (non-hydrogen) atoms. The van der Waals surface area contributed by atoms with Crippen molar-refractivity contribution < 1.29 is 60.2 Å². The summed E-state index contributed by atoms with van der Waals surface area (Å²) >= 11 is 0. The number of rotatable bonds is 11. The summed E-state index contributed by atoms with van der Waals surface area (Å²) in [7, 11) is 3.60. The molecule has 0 saturated heterocycles. The first-order valence-corrected chi connectivity index (χ1v) is 29.9. The summed E-state index contributed by atoms with van der Waals surface area (Å²) in [6.45, 7) is 10.8. The molecule has 0 aliphatic carbocycles. The van der Waals surface area contributed by atoms with E-state index in [1.807, 2.05) is 33.9 Å². The normalized spacial score (nSPS) is 15.7. The third-order valence-electron chi connectivity index (χ3n) is 16.3. The molecule has 6 heterocycles. The first kappa shape index (κ1) is 68.7. The van der Waals surface area contributed by atoms with Crippen LogP contribution in [0.25, 0.3) is 33.8 Å². The van der Waals surface area contributed by atoms with E-state index in [0.717, 1.165) is 22.6 Å². The van der Waals surface area contributed by atoms with Crippen LogP contribution >= 0.6 is 0 Å². The van der Waals surface area contributed by atoms with Gasteiger partial charge in [0.05, 0.1) is 22.7 Å². The molecular formula is C71H66F6N12O7. The minimum atomic E-state index is -1.08. The number of aryl methyl sites for hydroxylation is 8. The standard InChI is InChI=1S/C24H22F2N4O2.C23H20F2N4O2.C12H14FN3.C12H10FNO3/c1-13-8-20(26)18(22-9-14(2)30(3)29-22)10-21(13)28-24(32)19-12-27-23(31)11-17(19)15-4-6-16(25)7-5-15;1-12-7-19(25)17(21-8-13(2)28-29-21)9-20(12)27-23(31)18-11-26-22(30)10-16(18)14-3-5-15(24)6-4-14;1-7-4-10(13)9(6-11(7)14)12-5-8(2)16(3)15-12;13-8-3-1-7(2-4-8)9-5-11(15)14-6-10(9)12(16)17/h4-10,12,17H,11H2,1-3H3,(H,27,31)(H,28,32);3-9,11,16H,10H2,1-2H3,(H,26,30)(H,27,31)(H,28,29);4-6H,14H2,1-3H3;1-4,6,9H,5H2,(H,14,15)(H,16,17)/t17-;16-;;9-/m00.0/s1. The number of benzene rings is 6. The molecule has 3 aliphatic rings. The highest BCUT2D eigenvalue weighted by Crippen LogP contribution is 2.37. The number of nitrogens with zero attached hydrogens (tertiary/aromatic N) is 5. The highest BCUT2D eigenvalue weighted by Gasteiger charge is 2.32. The van der Waals surface area contributed by atoms with Gasteiger partial charge in [-0.3, -0.25) is 38.4 Å². The molecule has 25 heteroatoms. The molecule has 0 saturated carbocycles. The van der Waals surface area contributed by atoms with Gasteiger partial charge >= 0.3 is 5.97 Å². The van der Waals surface area contributed by atoms with Gasteiger partial charge in [0.15, 0.2) is 0 Å². The number of aromatic nitrogens is 6. The molecule has 0 unspecified atom stereocenters. The van der Waals surface area contributed by atoms with E-state index in [-0.39, 0.29) is 59.5 Å². The second-order valence-electron chi connectivity index (χ2n) is 23.1. The Morgan fingerprint density at radius 3 is 1.17 bits per heavy atom. The van der Waals surface area contributed by atoms with Crippen LogP contribution in [0, 0.1) is 76.4 Å². The Morgan fingerprint density at radius 1 is 0.479 bits per heavy atom. The zero-order valence-corrected chi connectivity index (χ0v) is 53.2. The first-order chi connectivity index (χ1) is 45.6. The fraction of sp³-hybridized carbons (Fsp3) is 0.197. The lowest BCUT2D eigenvalue weighted by Crippen LogP contribution is -2.32. The average molecular weight is 1310 g/mol. The molecule has 0 spiro atoms. The lowest BCUT2D eigenvalue weighted by molar-refractivity contribution is -0.133. The van der Waals surface area contributed by atoms with E-state index in [0.29, 0.717) is 78.7 Å². The summed E-state index contributed by atoms with van der Waals surface area (Å²) in [5.41, 5.74) is 16.9. The molecule has 494 valence electrons. The Labute approximate surface area is 547 Å². The fourth-order valence-corrected chi connectivity index (χ4v) is 10.7. The van der Waals surface area contributed by atoms with E-state index in [1.165, 1.54) is 91.4 Å². The Balaban J connectivity index is 0.000000157. The molecule has 0 fully saturated rings. The van der Waals surface area contributed by atoms with Crippen molar-refractivity contribution >= 4 is 52.6 Å². The summed E-state index contributed by atoms with van der Waals surface area (Å²) in [6.07, 6.45) is 4.12. The Kier molecular flexibility index (Phi) is 21.2. The number of aliphatic carboxylic acids is 1. The van der Waals surface area contributed by atoms with E-state index in [1.54, 1.807) is 85.7 Å². The summed E-state index contributed by atoms with van der Waals surface area (Å²) < 4.78 is 85.7. The molecule has 9 aromatic rings. The number of aromatic amines is 1. The zero-order chi connectivity index (χ0) is 69.4. The van der Waals surface area contributed by atoms with Crippen molar-refractivity contribution in [3.8, 4) is 33.8 Å². The smallest absolute Gasteiger partial charge is 0.333 e. The van der Waals surface area contributed by atoms with Crippen molar-refractivity contribution in [1.29, 1.82) is 0 Å². The maximum Gasteiger partial charge on any atom is 0.333 e. The number of hydrogen-bond donors (Lipinski definition) is 8. The Hall–Kier alpha value is -11.6. The third kappa shape index (κ3) is 16.4. The summed E-state index contributed by atoms with van der Waals surface area (Å²) in [5.74, 6) is -6.61. The van der Waals surface area contributed by atoms with Crippen LogP contribution in [0.3, 0.4) is 0 Å².